The fourth-order valence-electron chi connectivity index (χ4n) is 4.24. The van der Waals surface area contributed by atoms with Crippen molar-refractivity contribution >= 4 is 34.4 Å². The first-order valence-electron chi connectivity index (χ1n) is 11.7. The molecule has 33 heavy (non-hydrogen) atoms. The average molecular weight is 451 g/mol. The van der Waals surface area contributed by atoms with Crippen LogP contribution in [0, 0.1) is 5.92 Å². The highest BCUT2D eigenvalue weighted by molar-refractivity contribution is 5.98. The lowest BCUT2D eigenvalue weighted by molar-refractivity contribution is 0.0904. The molecule has 0 radical (unpaired) electrons. The van der Waals surface area contributed by atoms with E-state index in [9.17, 15) is 4.79 Å². The maximum absolute atomic E-state index is 12.5. The van der Waals surface area contributed by atoms with Gasteiger partial charge in [-0.1, -0.05) is 20.3 Å². The molecular formula is C24H34N8O. The van der Waals surface area contributed by atoms with Crippen LogP contribution < -0.4 is 15.5 Å². The van der Waals surface area contributed by atoms with Crippen molar-refractivity contribution < 1.29 is 4.79 Å². The molecule has 1 aliphatic heterocycles. The molecule has 0 fully saturated rings. The number of nitrogens with one attached hydrogen (secondary N) is 2. The maximum atomic E-state index is 12.5. The number of likely N-dealkylation sites (N-methyl/N-ethyl adjacent to an activating group) is 2. The van der Waals surface area contributed by atoms with Crippen molar-refractivity contribution in [2.45, 2.75) is 33.2 Å². The number of pyridine rings is 1. The van der Waals surface area contributed by atoms with Crippen LogP contribution in [-0.2, 0) is 0 Å². The zero-order valence-electron chi connectivity index (χ0n) is 20.2. The predicted octanol–water partition coefficient (Wildman–Crippen LogP) is 3.29. The van der Waals surface area contributed by atoms with Crippen LogP contribution in [0.15, 0.2) is 30.6 Å². The maximum Gasteiger partial charge on any atom is 0.268 e. The van der Waals surface area contributed by atoms with Crippen molar-refractivity contribution in [3.05, 3.63) is 36.3 Å². The Hall–Kier alpha value is -3.20. The molecule has 4 rings (SSSR count). The Labute approximate surface area is 195 Å². The van der Waals surface area contributed by atoms with E-state index >= 15 is 0 Å². The van der Waals surface area contributed by atoms with Gasteiger partial charge >= 0.3 is 0 Å². The second-order valence-corrected chi connectivity index (χ2v) is 8.94. The lowest BCUT2D eigenvalue weighted by atomic mass is 9.97. The first kappa shape index (κ1) is 23.0. The van der Waals surface area contributed by atoms with Gasteiger partial charge in [0.05, 0.1) is 17.9 Å². The van der Waals surface area contributed by atoms with E-state index in [1.807, 2.05) is 18.3 Å². The monoisotopic (exact) mass is 450 g/mol. The van der Waals surface area contributed by atoms with Gasteiger partial charge in [0.15, 0.2) is 0 Å². The Balaban J connectivity index is 1.58. The standard InChI is InChI=1S/C24H34N8O/c1-6-16(3)20-15-26-23(33)19-12-17-13-27-24(29-22(17)32(19)20)28-21-9-8-18(14-25-21)31(7-2)11-10-30(4)5/h8-9,12-14,16,20H,6-7,10-11,15H2,1-5H3,(H,26,33)(H,25,27,28,29)/t16?,20-/m1/s1. The van der Waals surface area contributed by atoms with Crippen molar-refractivity contribution in [3.8, 4) is 0 Å². The van der Waals surface area contributed by atoms with Crippen LogP contribution >= 0.6 is 0 Å². The number of carbonyl (C=O) groups is 1. The fraction of sp³-hybridized carbons (Fsp3) is 0.500. The number of amides is 1. The Morgan fingerprint density at radius 3 is 2.70 bits per heavy atom. The topological polar surface area (TPSA) is 91.2 Å². The van der Waals surface area contributed by atoms with Crippen molar-refractivity contribution in [3.63, 3.8) is 0 Å². The number of aromatic nitrogens is 4. The second-order valence-electron chi connectivity index (χ2n) is 8.94. The molecule has 4 heterocycles. The summed E-state index contributed by atoms with van der Waals surface area (Å²) in [4.78, 5) is 30.8. The molecule has 0 saturated carbocycles. The minimum atomic E-state index is -0.0611. The number of carbonyl (C=O) groups excluding carboxylic acids is 1. The van der Waals surface area contributed by atoms with Crippen LogP contribution in [0.2, 0.25) is 0 Å². The van der Waals surface area contributed by atoms with E-state index in [2.05, 4.69) is 75.9 Å². The summed E-state index contributed by atoms with van der Waals surface area (Å²) in [5.74, 6) is 1.50. The van der Waals surface area contributed by atoms with Crippen LogP contribution in [-0.4, -0.2) is 70.6 Å². The van der Waals surface area contributed by atoms with E-state index in [0.29, 0.717) is 29.9 Å². The van der Waals surface area contributed by atoms with Crippen LogP contribution in [0.3, 0.4) is 0 Å². The Morgan fingerprint density at radius 1 is 1.21 bits per heavy atom. The third kappa shape index (κ3) is 4.78. The van der Waals surface area contributed by atoms with E-state index < -0.39 is 0 Å². The smallest absolute Gasteiger partial charge is 0.268 e. The van der Waals surface area contributed by atoms with Crippen LogP contribution in [0.4, 0.5) is 17.5 Å². The normalized spacial score (nSPS) is 16.5. The summed E-state index contributed by atoms with van der Waals surface area (Å²) in [7, 11) is 4.16. The molecule has 0 aliphatic carbocycles. The lowest BCUT2D eigenvalue weighted by Crippen LogP contribution is -2.41. The molecular weight excluding hydrogens is 416 g/mol. The number of nitrogens with zero attached hydrogens (tertiary/aromatic N) is 6. The van der Waals surface area contributed by atoms with E-state index in [4.69, 9.17) is 4.98 Å². The zero-order valence-corrected chi connectivity index (χ0v) is 20.2. The summed E-state index contributed by atoms with van der Waals surface area (Å²) in [6.07, 6.45) is 4.67. The molecule has 3 aromatic heterocycles. The van der Waals surface area contributed by atoms with Crippen molar-refractivity contribution in [2.75, 3.05) is 50.5 Å². The zero-order chi connectivity index (χ0) is 23.5. The van der Waals surface area contributed by atoms with Crippen molar-refractivity contribution in [1.29, 1.82) is 0 Å². The van der Waals surface area contributed by atoms with Gasteiger partial charge in [-0.3, -0.25) is 4.79 Å². The highest BCUT2D eigenvalue weighted by Gasteiger charge is 2.30. The minimum absolute atomic E-state index is 0.0611. The number of anilines is 3. The fourth-order valence-corrected chi connectivity index (χ4v) is 4.24. The summed E-state index contributed by atoms with van der Waals surface area (Å²) in [6, 6.07) is 6.06. The number of hydrogen-bond donors (Lipinski definition) is 2. The molecule has 0 saturated heterocycles. The van der Waals surface area contributed by atoms with Gasteiger partial charge < -0.3 is 25.0 Å². The molecule has 0 bridgehead atoms. The minimum Gasteiger partial charge on any atom is -0.369 e. The number of rotatable bonds is 9. The first-order chi connectivity index (χ1) is 15.9. The lowest BCUT2D eigenvalue weighted by Gasteiger charge is -2.31. The summed E-state index contributed by atoms with van der Waals surface area (Å²) >= 11 is 0. The van der Waals surface area contributed by atoms with Crippen LogP contribution in [0.5, 0.6) is 0 Å². The molecule has 3 aromatic rings. The van der Waals surface area contributed by atoms with Gasteiger partial charge in [-0.25, -0.2) is 9.97 Å². The molecule has 1 aliphatic rings. The molecule has 0 aromatic carbocycles. The molecule has 2 N–H and O–H groups in total. The third-order valence-electron chi connectivity index (χ3n) is 6.46. The van der Waals surface area contributed by atoms with E-state index in [1.165, 1.54) is 0 Å². The SMILES string of the molecule is CCC(C)[C@H]1CNC(=O)c2cc3cnc(Nc4ccc(N(CC)CCN(C)C)cn4)nc3n21. The van der Waals surface area contributed by atoms with E-state index in [1.54, 1.807) is 6.20 Å². The second kappa shape index (κ2) is 9.74. The Kier molecular flexibility index (Phi) is 6.78. The third-order valence-corrected chi connectivity index (χ3v) is 6.46. The van der Waals surface area contributed by atoms with Gasteiger partial charge in [0.25, 0.3) is 5.91 Å². The summed E-state index contributed by atoms with van der Waals surface area (Å²) in [6.45, 7) is 10.00. The highest BCUT2D eigenvalue weighted by Crippen LogP contribution is 2.31. The Morgan fingerprint density at radius 2 is 2.03 bits per heavy atom. The molecule has 1 amide bonds. The predicted molar refractivity (Wildman–Crippen MR) is 132 cm³/mol. The van der Waals surface area contributed by atoms with Crippen molar-refractivity contribution in [1.82, 2.24) is 29.7 Å². The van der Waals surface area contributed by atoms with E-state index in [0.717, 1.165) is 42.8 Å². The number of hydrogen-bond acceptors (Lipinski definition) is 7. The van der Waals surface area contributed by atoms with E-state index in [-0.39, 0.29) is 11.9 Å². The summed E-state index contributed by atoms with van der Waals surface area (Å²) in [5.41, 5.74) is 2.51. The van der Waals surface area contributed by atoms with Gasteiger partial charge in [-0.15, -0.1) is 0 Å². The van der Waals surface area contributed by atoms with Crippen LogP contribution in [0.1, 0.15) is 43.7 Å². The van der Waals surface area contributed by atoms with Crippen molar-refractivity contribution in [2.24, 2.45) is 5.92 Å². The van der Waals surface area contributed by atoms with Gasteiger partial charge in [0.1, 0.15) is 17.2 Å². The van der Waals surface area contributed by atoms with Gasteiger partial charge in [-0.2, -0.15) is 4.98 Å². The molecule has 0 spiro atoms. The average Bonchev–Trinajstić information content (AvgIpc) is 3.20. The summed E-state index contributed by atoms with van der Waals surface area (Å²) in [5, 5.41) is 7.10. The largest absolute Gasteiger partial charge is 0.369 e. The molecule has 9 nitrogen and oxygen atoms in total. The molecule has 2 atom stereocenters. The molecule has 1 unspecified atom stereocenters. The quantitative estimate of drug-likeness (QED) is 0.517. The Bertz CT molecular complexity index is 1110. The van der Waals surface area contributed by atoms with Crippen LogP contribution in [0.25, 0.3) is 11.0 Å². The highest BCUT2D eigenvalue weighted by atomic mass is 16.2. The molecule has 176 valence electrons. The first-order valence-corrected chi connectivity index (χ1v) is 11.7. The summed E-state index contributed by atoms with van der Waals surface area (Å²) < 4.78 is 2.08. The molecule has 9 heteroatoms. The van der Waals surface area contributed by atoms with Gasteiger partial charge in [0, 0.05) is 37.8 Å². The van der Waals surface area contributed by atoms with Gasteiger partial charge in [-0.05, 0) is 45.1 Å². The number of fused-ring (bicyclic) bond motifs is 3. The van der Waals surface area contributed by atoms with Gasteiger partial charge in [0.2, 0.25) is 5.95 Å².